The molecule has 8 heteroatoms. The minimum atomic E-state index is -0.451. The van der Waals surface area contributed by atoms with E-state index in [-0.39, 0.29) is 29.9 Å². The van der Waals surface area contributed by atoms with E-state index in [2.05, 4.69) is 27.7 Å². The fraction of sp³-hybridized carbons (Fsp3) is 0.452. The number of aryl methyl sites for hydroxylation is 1. The van der Waals surface area contributed by atoms with Crippen LogP contribution in [0.25, 0.3) is 5.69 Å². The van der Waals surface area contributed by atoms with E-state index in [4.69, 9.17) is 5.10 Å². The first-order chi connectivity index (χ1) is 18.6. The smallest absolute Gasteiger partial charge is 0.242 e. The van der Waals surface area contributed by atoms with Gasteiger partial charge < -0.3 is 4.90 Å². The van der Waals surface area contributed by atoms with E-state index in [9.17, 15) is 9.59 Å². The standard InChI is InChI=1S/C31H37FN4O2S/c1-20-14-16-34(17-15-20)25(37)18-35-26(38)19-39-28(22-11-7-8-12-23(22)32)27-29(31(3,4)5)33-36(30(27)35)24-13-9-6-10-21(24)2/h6-13,20,28H,14-19H2,1-5H3/t28-/m0/s1. The first kappa shape index (κ1) is 27.4. The number of amides is 2. The van der Waals surface area contributed by atoms with Crippen LogP contribution in [-0.4, -0.2) is 51.9 Å². The molecule has 5 rings (SSSR count). The Morgan fingerprint density at radius 1 is 1.08 bits per heavy atom. The summed E-state index contributed by atoms with van der Waals surface area (Å²) in [7, 11) is 0. The number of carbonyl (C=O) groups is 2. The highest BCUT2D eigenvalue weighted by Gasteiger charge is 2.41. The zero-order valence-electron chi connectivity index (χ0n) is 23.4. The van der Waals surface area contributed by atoms with Gasteiger partial charge in [0.25, 0.3) is 0 Å². The zero-order valence-corrected chi connectivity index (χ0v) is 24.2. The van der Waals surface area contributed by atoms with Crippen molar-refractivity contribution in [3.63, 3.8) is 0 Å². The minimum Gasteiger partial charge on any atom is -0.341 e. The lowest BCUT2D eigenvalue weighted by Crippen LogP contribution is -2.46. The molecule has 2 aromatic carbocycles. The van der Waals surface area contributed by atoms with Crippen molar-refractivity contribution >= 4 is 29.4 Å². The van der Waals surface area contributed by atoms with Crippen molar-refractivity contribution < 1.29 is 14.0 Å². The van der Waals surface area contributed by atoms with E-state index in [1.807, 2.05) is 46.8 Å². The van der Waals surface area contributed by atoms with Crippen molar-refractivity contribution in [2.24, 2.45) is 5.92 Å². The second-order valence-corrected chi connectivity index (χ2v) is 12.9. The summed E-state index contributed by atoms with van der Waals surface area (Å²) in [6.07, 6.45) is 1.93. The third kappa shape index (κ3) is 5.36. The fourth-order valence-electron chi connectivity index (χ4n) is 5.47. The number of para-hydroxylation sites is 1. The SMILES string of the molecule is Cc1ccccc1-n1nc(C(C)(C)C)c2c1N(CC(=O)N1CCC(C)CC1)C(=O)CS[C@H]2c1ccccc1F. The van der Waals surface area contributed by atoms with Gasteiger partial charge in [-0.3, -0.25) is 14.5 Å². The van der Waals surface area contributed by atoms with Gasteiger partial charge >= 0.3 is 0 Å². The molecule has 0 unspecified atom stereocenters. The number of anilines is 1. The second kappa shape index (κ2) is 10.8. The predicted octanol–water partition coefficient (Wildman–Crippen LogP) is 6.05. The first-order valence-corrected chi connectivity index (χ1v) is 14.7. The zero-order chi connectivity index (χ0) is 27.9. The van der Waals surface area contributed by atoms with Crippen LogP contribution in [0, 0.1) is 18.7 Å². The van der Waals surface area contributed by atoms with E-state index < -0.39 is 10.7 Å². The Morgan fingerprint density at radius 2 is 1.74 bits per heavy atom. The van der Waals surface area contributed by atoms with Crippen molar-refractivity contribution in [1.29, 1.82) is 0 Å². The number of piperidine rings is 1. The lowest BCUT2D eigenvalue weighted by Gasteiger charge is -2.32. The molecular formula is C31H37FN4O2S. The molecule has 0 aliphatic carbocycles. The van der Waals surface area contributed by atoms with Crippen LogP contribution in [0.4, 0.5) is 10.2 Å². The number of fused-ring (bicyclic) bond motifs is 1. The van der Waals surface area contributed by atoms with E-state index in [1.165, 1.54) is 17.8 Å². The maximum atomic E-state index is 15.3. The molecule has 206 valence electrons. The monoisotopic (exact) mass is 548 g/mol. The first-order valence-electron chi connectivity index (χ1n) is 13.7. The summed E-state index contributed by atoms with van der Waals surface area (Å²) in [6, 6.07) is 14.6. The molecule has 0 bridgehead atoms. The average molecular weight is 549 g/mol. The Bertz CT molecular complexity index is 1390. The molecule has 39 heavy (non-hydrogen) atoms. The molecule has 1 aromatic heterocycles. The van der Waals surface area contributed by atoms with Crippen LogP contribution in [0.2, 0.25) is 0 Å². The largest absolute Gasteiger partial charge is 0.341 e. The van der Waals surface area contributed by atoms with Crippen LogP contribution in [0.1, 0.15) is 68.2 Å². The van der Waals surface area contributed by atoms with Crippen molar-refractivity contribution in [3.8, 4) is 5.69 Å². The summed E-state index contributed by atoms with van der Waals surface area (Å²) in [4.78, 5) is 30.9. The van der Waals surface area contributed by atoms with Crippen LogP contribution in [0.3, 0.4) is 0 Å². The van der Waals surface area contributed by atoms with Crippen LogP contribution < -0.4 is 4.90 Å². The number of nitrogens with zero attached hydrogens (tertiary/aromatic N) is 4. The Morgan fingerprint density at radius 3 is 2.41 bits per heavy atom. The summed E-state index contributed by atoms with van der Waals surface area (Å²) in [5.41, 5.74) is 3.54. The molecular weight excluding hydrogens is 511 g/mol. The van der Waals surface area contributed by atoms with Crippen LogP contribution >= 0.6 is 11.8 Å². The number of rotatable bonds is 4. The molecule has 0 spiro atoms. The maximum absolute atomic E-state index is 15.3. The summed E-state index contributed by atoms with van der Waals surface area (Å²) in [5, 5.41) is 4.67. The number of aromatic nitrogens is 2. The van der Waals surface area contributed by atoms with Gasteiger partial charge in [-0.05, 0) is 43.4 Å². The number of hydrogen-bond acceptors (Lipinski definition) is 4. The quantitative estimate of drug-likeness (QED) is 0.399. The summed E-state index contributed by atoms with van der Waals surface area (Å²) >= 11 is 1.40. The van der Waals surface area contributed by atoms with E-state index in [0.29, 0.717) is 30.4 Å². The third-order valence-electron chi connectivity index (χ3n) is 7.76. The van der Waals surface area contributed by atoms with E-state index in [0.717, 1.165) is 35.3 Å². The fourth-order valence-corrected chi connectivity index (χ4v) is 6.69. The highest BCUT2D eigenvalue weighted by atomic mass is 32.2. The summed E-state index contributed by atoms with van der Waals surface area (Å²) in [5.74, 6) is 0.740. The second-order valence-electron chi connectivity index (χ2n) is 11.8. The van der Waals surface area contributed by atoms with Gasteiger partial charge in [0, 0.05) is 29.6 Å². The average Bonchev–Trinajstić information content (AvgIpc) is 3.23. The van der Waals surface area contributed by atoms with Crippen LogP contribution in [-0.2, 0) is 15.0 Å². The lowest BCUT2D eigenvalue weighted by molar-refractivity contribution is -0.132. The highest BCUT2D eigenvalue weighted by molar-refractivity contribution is 8.00. The molecule has 1 saturated heterocycles. The van der Waals surface area contributed by atoms with Crippen LogP contribution in [0.15, 0.2) is 48.5 Å². The Kier molecular flexibility index (Phi) is 7.60. The topological polar surface area (TPSA) is 58.4 Å². The van der Waals surface area contributed by atoms with Gasteiger partial charge in [-0.2, -0.15) is 5.10 Å². The molecule has 6 nitrogen and oxygen atoms in total. The predicted molar refractivity (Wildman–Crippen MR) is 155 cm³/mol. The van der Waals surface area contributed by atoms with Crippen LogP contribution in [0.5, 0.6) is 0 Å². The van der Waals surface area contributed by atoms with Gasteiger partial charge in [-0.1, -0.05) is 64.1 Å². The molecule has 1 atom stereocenters. The van der Waals surface area contributed by atoms with E-state index in [1.54, 1.807) is 17.0 Å². The normalized spacial score (nSPS) is 18.7. The molecule has 0 N–H and O–H groups in total. The number of halogens is 1. The highest BCUT2D eigenvalue weighted by Crippen LogP contribution is 2.49. The van der Waals surface area contributed by atoms with Crippen molar-refractivity contribution in [3.05, 3.63) is 76.7 Å². The molecule has 3 aromatic rings. The van der Waals surface area contributed by atoms with Gasteiger partial charge in [0.15, 0.2) is 0 Å². The summed E-state index contributed by atoms with van der Waals surface area (Å²) < 4.78 is 17.1. The van der Waals surface area contributed by atoms with Gasteiger partial charge in [0.05, 0.1) is 22.4 Å². The van der Waals surface area contributed by atoms with E-state index >= 15 is 4.39 Å². The number of hydrogen-bond donors (Lipinski definition) is 0. The Labute approximate surface area is 234 Å². The molecule has 1 fully saturated rings. The molecule has 2 amide bonds. The summed E-state index contributed by atoms with van der Waals surface area (Å²) in [6.45, 7) is 11.8. The lowest BCUT2D eigenvalue weighted by atomic mass is 9.87. The van der Waals surface area contributed by atoms with Crippen molar-refractivity contribution in [2.45, 2.75) is 58.1 Å². The number of carbonyl (C=O) groups excluding carboxylic acids is 2. The maximum Gasteiger partial charge on any atom is 0.242 e. The molecule has 3 heterocycles. The third-order valence-corrected chi connectivity index (χ3v) is 9.00. The van der Waals surface area contributed by atoms with Crippen molar-refractivity contribution in [1.82, 2.24) is 14.7 Å². The van der Waals surface area contributed by atoms with Crippen molar-refractivity contribution in [2.75, 3.05) is 30.3 Å². The number of likely N-dealkylation sites (tertiary alicyclic amines) is 1. The van der Waals surface area contributed by atoms with Gasteiger partial charge in [-0.15, -0.1) is 11.8 Å². The Balaban J connectivity index is 1.73. The van der Waals surface area contributed by atoms with Gasteiger partial charge in [0.2, 0.25) is 11.8 Å². The number of benzene rings is 2. The Hall–Kier alpha value is -3.13. The minimum absolute atomic E-state index is 0.0636. The number of thioether (sulfide) groups is 1. The molecule has 0 radical (unpaired) electrons. The molecule has 2 aliphatic rings. The van der Waals surface area contributed by atoms with Gasteiger partial charge in [0.1, 0.15) is 18.2 Å². The molecule has 2 aliphatic heterocycles. The van der Waals surface area contributed by atoms with Gasteiger partial charge in [-0.25, -0.2) is 9.07 Å². The molecule has 0 saturated carbocycles.